The number of para-hydroxylation sites is 1. The number of pyridine rings is 1. The van der Waals surface area contributed by atoms with E-state index in [1.807, 2.05) is 30.3 Å². The molecule has 8 heteroatoms. The van der Waals surface area contributed by atoms with E-state index in [0.717, 1.165) is 67.9 Å². The highest BCUT2D eigenvalue weighted by Crippen LogP contribution is 2.18. The number of hydrogen-bond donors (Lipinski definition) is 0. The summed E-state index contributed by atoms with van der Waals surface area (Å²) < 4.78 is 1.71. The number of fused-ring (bicyclic) bond motifs is 3. The Balaban J connectivity index is 1.15. The molecule has 3 aromatic heterocycles. The maximum atomic E-state index is 12.9. The monoisotopic (exact) mass is 415 g/mol. The number of aryl methyl sites for hydroxylation is 1. The Morgan fingerprint density at radius 3 is 2.42 bits per heavy atom. The van der Waals surface area contributed by atoms with Gasteiger partial charge in [-0.1, -0.05) is 18.2 Å². The third-order valence-electron chi connectivity index (χ3n) is 5.90. The van der Waals surface area contributed by atoms with Crippen molar-refractivity contribution in [1.82, 2.24) is 29.4 Å². The summed E-state index contributed by atoms with van der Waals surface area (Å²) in [5.41, 5.74) is 1.57. The normalized spacial score (nSPS) is 15.0. The molecule has 158 valence electrons. The lowest BCUT2D eigenvalue weighted by atomic mass is 10.1. The van der Waals surface area contributed by atoms with Crippen LogP contribution in [-0.4, -0.2) is 62.1 Å². The number of benzene rings is 1. The van der Waals surface area contributed by atoms with E-state index in [4.69, 9.17) is 0 Å². The molecule has 4 heterocycles. The molecule has 0 saturated carbocycles. The number of nitrogens with zero attached hydrogens (tertiary/aromatic N) is 7. The predicted molar refractivity (Wildman–Crippen MR) is 121 cm³/mol. The summed E-state index contributed by atoms with van der Waals surface area (Å²) >= 11 is 0. The van der Waals surface area contributed by atoms with Crippen molar-refractivity contribution in [3.63, 3.8) is 0 Å². The molecule has 0 N–H and O–H groups in total. The van der Waals surface area contributed by atoms with Gasteiger partial charge in [0.05, 0.1) is 22.7 Å². The second-order valence-corrected chi connectivity index (χ2v) is 7.87. The molecule has 0 unspecified atom stereocenters. The molecule has 0 aliphatic carbocycles. The van der Waals surface area contributed by atoms with Crippen LogP contribution in [0.25, 0.3) is 21.8 Å². The molecular weight excluding hydrogens is 390 g/mol. The first-order valence-corrected chi connectivity index (χ1v) is 10.8. The topological polar surface area (TPSA) is 80.0 Å². The smallest absolute Gasteiger partial charge is 0.262 e. The van der Waals surface area contributed by atoms with Gasteiger partial charge in [-0.05, 0) is 31.5 Å². The fraction of sp³-hybridized carbons (Fsp3) is 0.348. The lowest BCUT2D eigenvalue weighted by Gasteiger charge is -2.34. The highest BCUT2D eigenvalue weighted by molar-refractivity contribution is 6.02. The first-order valence-electron chi connectivity index (χ1n) is 10.8. The Morgan fingerprint density at radius 1 is 0.806 bits per heavy atom. The summed E-state index contributed by atoms with van der Waals surface area (Å²) in [5.74, 6) is 0.813. The number of rotatable bonds is 6. The van der Waals surface area contributed by atoms with Crippen molar-refractivity contribution < 1.29 is 0 Å². The zero-order chi connectivity index (χ0) is 21.0. The molecule has 1 aliphatic rings. The van der Waals surface area contributed by atoms with Gasteiger partial charge in [-0.2, -0.15) is 0 Å². The van der Waals surface area contributed by atoms with E-state index in [9.17, 15) is 4.79 Å². The maximum Gasteiger partial charge on any atom is 0.262 e. The summed E-state index contributed by atoms with van der Waals surface area (Å²) in [7, 11) is 0. The summed E-state index contributed by atoms with van der Waals surface area (Å²) in [4.78, 5) is 35.3. The van der Waals surface area contributed by atoms with Crippen LogP contribution in [0.4, 0.5) is 5.95 Å². The summed E-state index contributed by atoms with van der Waals surface area (Å²) in [5, 5.41) is 1.50. The Hall–Kier alpha value is -3.39. The largest absolute Gasteiger partial charge is 0.338 e. The fourth-order valence-corrected chi connectivity index (χ4v) is 4.16. The second kappa shape index (κ2) is 8.77. The van der Waals surface area contributed by atoms with Crippen LogP contribution >= 0.6 is 0 Å². The zero-order valence-corrected chi connectivity index (χ0v) is 17.4. The van der Waals surface area contributed by atoms with Gasteiger partial charge in [-0.3, -0.25) is 19.2 Å². The van der Waals surface area contributed by atoms with E-state index in [1.165, 1.54) is 0 Å². The van der Waals surface area contributed by atoms with Gasteiger partial charge in [0.2, 0.25) is 5.95 Å². The molecule has 0 radical (unpaired) electrons. The van der Waals surface area contributed by atoms with E-state index < -0.39 is 0 Å². The van der Waals surface area contributed by atoms with Crippen LogP contribution in [0.2, 0.25) is 0 Å². The number of hydrogen-bond acceptors (Lipinski definition) is 7. The Morgan fingerprint density at radius 2 is 1.58 bits per heavy atom. The SMILES string of the molecule is O=c1c2cnc3ccccc3c2ncn1CCCCN1CCN(c2ncccn2)CC1. The van der Waals surface area contributed by atoms with Gasteiger partial charge in [-0.15, -0.1) is 0 Å². The molecule has 1 saturated heterocycles. The van der Waals surface area contributed by atoms with Gasteiger partial charge in [0.1, 0.15) is 0 Å². The molecule has 1 aromatic carbocycles. The van der Waals surface area contributed by atoms with Gasteiger partial charge in [-0.25, -0.2) is 15.0 Å². The molecule has 5 rings (SSSR count). The van der Waals surface area contributed by atoms with Gasteiger partial charge in [0.15, 0.2) is 0 Å². The van der Waals surface area contributed by atoms with Crippen molar-refractivity contribution >= 4 is 27.8 Å². The Bertz CT molecular complexity index is 1230. The predicted octanol–water partition coefficient (Wildman–Crippen LogP) is 2.34. The van der Waals surface area contributed by atoms with Crippen LogP contribution < -0.4 is 10.5 Å². The average Bonchev–Trinajstić information content (AvgIpc) is 2.84. The number of unbranched alkanes of at least 4 members (excludes halogenated alkanes) is 1. The number of aromatic nitrogens is 5. The maximum absolute atomic E-state index is 12.9. The van der Waals surface area contributed by atoms with Gasteiger partial charge >= 0.3 is 0 Å². The third-order valence-corrected chi connectivity index (χ3v) is 5.90. The Labute approximate surface area is 180 Å². The summed E-state index contributed by atoms with van der Waals surface area (Å²) in [6, 6.07) is 9.63. The molecule has 8 nitrogen and oxygen atoms in total. The lowest BCUT2D eigenvalue weighted by molar-refractivity contribution is 0.250. The van der Waals surface area contributed by atoms with Crippen LogP contribution in [-0.2, 0) is 6.54 Å². The van der Waals surface area contributed by atoms with Crippen molar-refractivity contribution in [3.8, 4) is 0 Å². The van der Waals surface area contributed by atoms with Crippen molar-refractivity contribution in [3.05, 3.63) is 65.6 Å². The van der Waals surface area contributed by atoms with E-state index in [2.05, 4.69) is 29.7 Å². The first kappa shape index (κ1) is 19.6. The molecule has 0 bridgehead atoms. The van der Waals surface area contributed by atoms with Crippen LogP contribution in [0, 0.1) is 0 Å². The molecule has 4 aromatic rings. The standard InChI is InChI=1S/C23H25N7O/c31-22-19-16-26-20-7-2-1-6-18(20)21(19)27-17-30(22)11-4-3-10-28-12-14-29(15-13-28)23-24-8-5-9-25-23/h1-2,5-9,16-17H,3-4,10-15H2. The second-order valence-electron chi connectivity index (χ2n) is 7.87. The van der Waals surface area contributed by atoms with Crippen molar-refractivity contribution in [2.24, 2.45) is 0 Å². The van der Waals surface area contributed by atoms with Crippen LogP contribution in [0.5, 0.6) is 0 Å². The zero-order valence-electron chi connectivity index (χ0n) is 17.4. The molecule has 0 amide bonds. The highest BCUT2D eigenvalue weighted by atomic mass is 16.1. The van der Waals surface area contributed by atoms with Gasteiger partial charge < -0.3 is 4.90 Å². The van der Waals surface area contributed by atoms with E-state index in [1.54, 1.807) is 29.5 Å². The van der Waals surface area contributed by atoms with Crippen LogP contribution in [0.15, 0.2) is 60.0 Å². The first-order chi connectivity index (χ1) is 15.3. The minimum Gasteiger partial charge on any atom is -0.338 e. The average molecular weight is 416 g/mol. The van der Waals surface area contributed by atoms with Crippen molar-refractivity contribution in [2.75, 3.05) is 37.6 Å². The quantitative estimate of drug-likeness (QED) is 0.353. The highest BCUT2D eigenvalue weighted by Gasteiger charge is 2.18. The van der Waals surface area contributed by atoms with Gasteiger partial charge in [0.25, 0.3) is 5.56 Å². The summed E-state index contributed by atoms with van der Waals surface area (Å²) in [6.45, 7) is 5.61. The third kappa shape index (κ3) is 4.11. The molecule has 0 atom stereocenters. The molecule has 31 heavy (non-hydrogen) atoms. The lowest BCUT2D eigenvalue weighted by Crippen LogP contribution is -2.47. The van der Waals surface area contributed by atoms with Crippen molar-refractivity contribution in [1.29, 1.82) is 0 Å². The Kier molecular flexibility index (Phi) is 5.54. The van der Waals surface area contributed by atoms with E-state index in [-0.39, 0.29) is 5.56 Å². The van der Waals surface area contributed by atoms with Crippen LogP contribution in [0.3, 0.4) is 0 Å². The molecule has 1 fully saturated rings. The van der Waals surface area contributed by atoms with E-state index in [0.29, 0.717) is 11.9 Å². The minimum atomic E-state index is -0.0141. The molecule has 0 spiro atoms. The minimum absolute atomic E-state index is 0.0141. The fourth-order valence-electron chi connectivity index (χ4n) is 4.16. The molecule has 1 aliphatic heterocycles. The number of anilines is 1. The van der Waals surface area contributed by atoms with E-state index >= 15 is 0 Å². The van der Waals surface area contributed by atoms with Gasteiger partial charge in [0, 0.05) is 56.7 Å². The number of piperazine rings is 1. The molecular formula is C23H25N7O. The van der Waals surface area contributed by atoms with Crippen LogP contribution in [0.1, 0.15) is 12.8 Å². The van der Waals surface area contributed by atoms with Crippen molar-refractivity contribution in [2.45, 2.75) is 19.4 Å². The summed E-state index contributed by atoms with van der Waals surface area (Å²) in [6.07, 6.45) is 8.89.